The van der Waals surface area contributed by atoms with E-state index in [1.54, 1.807) is 18.2 Å². The quantitative estimate of drug-likeness (QED) is 0.324. The molecule has 10 heteroatoms. The number of aromatic nitrogens is 3. The second-order valence-corrected chi connectivity index (χ2v) is 9.80. The van der Waals surface area contributed by atoms with Crippen LogP contribution >= 0.6 is 0 Å². The van der Waals surface area contributed by atoms with E-state index in [2.05, 4.69) is 15.6 Å². The van der Waals surface area contributed by atoms with Gasteiger partial charge in [0.15, 0.2) is 11.5 Å². The Morgan fingerprint density at radius 3 is 2.48 bits per heavy atom. The fourth-order valence-electron chi connectivity index (χ4n) is 5.33. The highest BCUT2D eigenvalue weighted by atomic mass is 19.1. The summed E-state index contributed by atoms with van der Waals surface area (Å²) in [5, 5.41) is 11.5. The molecule has 1 heterocycles. The fourth-order valence-corrected chi connectivity index (χ4v) is 5.33. The molecule has 0 aliphatic heterocycles. The number of carbonyl (C=O) groups excluding carboxylic acids is 2. The number of ether oxygens (including phenoxy) is 2. The number of halogens is 1. The van der Waals surface area contributed by atoms with Crippen LogP contribution in [0.4, 0.5) is 10.1 Å². The van der Waals surface area contributed by atoms with Crippen LogP contribution < -0.4 is 19.7 Å². The van der Waals surface area contributed by atoms with Crippen molar-refractivity contribution in [3.63, 3.8) is 0 Å². The minimum atomic E-state index is -1.14. The van der Waals surface area contributed by atoms with Crippen molar-refractivity contribution in [3.8, 4) is 11.5 Å². The van der Waals surface area contributed by atoms with E-state index in [1.165, 1.54) is 48.1 Å². The lowest BCUT2D eigenvalue weighted by atomic mass is 9.94. The van der Waals surface area contributed by atoms with E-state index >= 15 is 0 Å². The third kappa shape index (κ3) is 5.61. The number of methoxy groups -OCH3 is 2. The number of hydrogen-bond donors (Lipinski definition) is 1. The molecule has 9 nitrogen and oxygen atoms in total. The van der Waals surface area contributed by atoms with E-state index in [9.17, 15) is 14.0 Å². The first kappa shape index (κ1) is 27.1. The Labute approximate surface area is 231 Å². The van der Waals surface area contributed by atoms with Crippen LogP contribution in [-0.2, 0) is 16.1 Å². The molecule has 2 amide bonds. The van der Waals surface area contributed by atoms with Gasteiger partial charge in [0.2, 0.25) is 11.8 Å². The van der Waals surface area contributed by atoms with Crippen molar-refractivity contribution >= 4 is 28.5 Å². The molecule has 1 saturated carbocycles. The third-order valence-corrected chi connectivity index (χ3v) is 7.26. The lowest BCUT2D eigenvalue weighted by molar-refractivity contribution is -0.127. The van der Waals surface area contributed by atoms with Crippen molar-refractivity contribution in [1.29, 1.82) is 0 Å². The largest absolute Gasteiger partial charge is 0.493 e. The number of para-hydroxylation sites is 2. The number of carbonyl (C=O) groups is 2. The summed E-state index contributed by atoms with van der Waals surface area (Å²) in [6.45, 7) is -0.197. The van der Waals surface area contributed by atoms with Gasteiger partial charge in [-0.3, -0.25) is 14.5 Å². The highest BCUT2D eigenvalue weighted by Gasteiger charge is 2.37. The van der Waals surface area contributed by atoms with Crippen LogP contribution in [0.5, 0.6) is 11.5 Å². The lowest BCUT2D eigenvalue weighted by Crippen LogP contribution is -2.48. The summed E-state index contributed by atoms with van der Waals surface area (Å²) in [5.41, 5.74) is 2.11. The summed E-state index contributed by atoms with van der Waals surface area (Å²) in [7, 11) is 3.00. The molecule has 0 spiro atoms. The van der Waals surface area contributed by atoms with Crippen molar-refractivity contribution in [2.45, 2.75) is 50.7 Å². The first-order chi connectivity index (χ1) is 19.5. The molecule has 0 saturated heterocycles. The number of amides is 2. The number of nitrogens with one attached hydrogen (secondary N) is 1. The van der Waals surface area contributed by atoms with Gasteiger partial charge in [-0.25, -0.2) is 9.07 Å². The van der Waals surface area contributed by atoms with Crippen LogP contribution in [0.25, 0.3) is 11.0 Å². The van der Waals surface area contributed by atoms with Gasteiger partial charge in [-0.15, -0.1) is 5.10 Å². The zero-order valence-corrected chi connectivity index (χ0v) is 22.5. The number of rotatable bonds is 9. The van der Waals surface area contributed by atoms with Gasteiger partial charge in [0.1, 0.15) is 23.9 Å². The van der Waals surface area contributed by atoms with Crippen LogP contribution in [0.2, 0.25) is 0 Å². The number of benzene rings is 3. The molecule has 1 N–H and O–H groups in total. The van der Waals surface area contributed by atoms with E-state index in [4.69, 9.17) is 9.47 Å². The summed E-state index contributed by atoms with van der Waals surface area (Å²) in [6, 6.07) is 16.9. The van der Waals surface area contributed by atoms with Crippen molar-refractivity contribution < 1.29 is 23.5 Å². The molecule has 208 valence electrons. The molecule has 1 fully saturated rings. The van der Waals surface area contributed by atoms with Gasteiger partial charge in [0.05, 0.1) is 19.7 Å². The molecule has 1 atom stereocenters. The zero-order chi connectivity index (χ0) is 28.1. The molecule has 0 radical (unpaired) electrons. The Morgan fingerprint density at radius 1 is 1.00 bits per heavy atom. The molecular weight excluding hydrogens is 513 g/mol. The first-order valence-electron chi connectivity index (χ1n) is 13.4. The van der Waals surface area contributed by atoms with Gasteiger partial charge in [-0.1, -0.05) is 48.7 Å². The number of anilines is 1. The maximum atomic E-state index is 14.2. The first-order valence-corrected chi connectivity index (χ1v) is 13.4. The van der Waals surface area contributed by atoms with Crippen LogP contribution in [-0.4, -0.2) is 47.1 Å². The smallest absolute Gasteiger partial charge is 0.249 e. The molecule has 1 aromatic heterocycles. The summed E-state index contributed by atoms with van der Waals surface area (Å²) < 4.78 is 26.7. The molecule has 4 aromatic rings. The van der Waals surface area contributed by atoms with Crippen LogP contribution in [0.15, 0.2) is 66.7 Å². The predicted octanol–water partition coefficient (Wildman–Crippen LogP) is 4.81. The molecule has 1 aliphatic rings. The number of fused-ring (bicyclic) bond motifs is 1. The highest BCUT2D eigenvalue weighted by Crippen LogP contribution is 2.39. The normalized spacial score (nSPS) is 14.5. The minimum absolute atomic E-state index is 0.00946. The van der Waals surface area contributed by atoms with Crippen LogP contribution in [0.1, 0.15) is 43.7 Å². The van der Waals surface area contributed by atoms with Crippen molar-refractivity contribution in [3.05, 3.63) is 78.1 Å². The molecule has 3 aromatic carbocycles. The molecule has 0 bridgehead atoms. The SMILES string of the molecule is COc1cccc(C(C(=O)NC2CCCCC2)N(C(=O)Cn2nnc3ccccc32)c2ccc(F)cc2)c1OC. The Bertz CT molecular complexity index is 1480. The fraction of sp³-hybridized carbons (Fsp3) is 0.333. The second kappa shape index (κ2) is 12.1. The predicted molar refractivity (Wildman–Crippen MR) is 149 cm³/mol. The Balaban J connectivity index is 1.62. The summed E-state index contributed by atoms with van der Waals surface area (Å²) in [6.07, 6.45) is 4.91. The summed E-state index contributed by atoms with van der Waals surface area (Å²) >= 11 is 0. The maximum absolute atomic E-state index is 14.2. The topological polar surface area (TPSA) is 98.6 Å². The molecule has 5 rings (SSSR count). The van der Waals surface area contributed by atoms with Crippen molar-refractivity contribution in [2.24, 2.45) is 0 Å². The Hall–Kier alpha value is -4.47. The van der Waals surface area contributed by atoms with Gasteiger partial charge in [0, 0.05) is 17.3 Å². The van der Waals surface area contributed by atoms with Gasteiger partial charge >= 0.3 is 0 Å². The molecular formula is C30H32FN5O4. The van der Waals surface area contributed by atoms with Gasteiger partial charge < -0.3 is 14.8 Å². The molecule has 1 aliphatic carbocycles. The minimum Gasteiger partial charge on any atom is -0.493 e. The summed E-state index contributed by atoms with van der Waals surface area (Å²) in [4.78, 5) is 29.7. The standard InChI is InChI=1S/C30H32FN5O4/c1-39-26-14-8-11-23(29(26)40-2)28(30(38)32-21-9-4-3-5-10-21)36(22-17-15-20(31)16-18-22)27(37)19-35-25-13-7-6-12-24(25)33-34-35/h6-8,11-18,21,28H,3-5,9-10,19H2,1-2H3,(H,32,38). The van der Waals surface area contributed by atoms with Crippen molar-refractivity contribution in [2.75, 3.05) is 19.1 Å². The van der Waals surface area contributed by atoms with E-state index in [0.717, 1.165) is 32.1 Å². The Morgan fingerprint density at radius 2 is 1.75 bits per heavy atom. The maximum Gasteiger partial charge on any atom is 0.249 e. The second-order valence-electron chi connectivity index (χ2n) is 9.80. The van der Waals surface area contributed by atoms with E-state index < -0.39 is 17.8 Å². The van der Waals surface area contributed by atoms with Crippen LogP contribution in [0.3, 0.4) is 0 Å². The Kier molecular flexibility index (Phi) is 8.23. The summed E-state index contributed by atoms with van der Waals surface area (Å²) in [5.74, 6) is -0.500. The number of hydrogen-bond acceptors (Lipinski definition) is 6. The molecule has 40 heavy (non-hydrogen) atoms. The third-order valence-electron chi connectivity index (χ3n) is 7.26. The van der Waals surface area contributed by atoms with Gasteiger partial charge in [0.25, 0.3) is 0 Å². The zero-order valence-electron chi connectivity index (χ0n) is 22.5. The monoisotopic (exact) mass is 545 g/mol. The molecule has 1 unspecified atom stereocenters. The van der Waals surface area contributed by atoms with Gasteiger partial charge in [-0.05, 0) is 55.3 Å². The average Bonchev–Trinajstić information content (AvgIpc) is 3.39. The highest BCUT2D eigenvalue weighted by molar-refractivity contribution is 6.02. The lowest BCUT2D eigenvalue weighted by Gasteiger charge is -2.34. The van der Waals surface area contributed by atoms with E-state index in [0.29, 0.717) is 33.8 Å². The number of nitrogens with zero attached hydrogens (tertiary/aromatic N) is 4. The van der Waals surface area contributed by atoms with Crippen molar-refractivity contribution in [1.82, 2.24) is 20.3 Å². The van der Waals surface area contributed by atoms with E-state index in [1.807, 2.05) is 24.3 Å². The van der Waals surface area contributed by atoms with Gasteiger partial charge in [-0.2, -0.15) is 0 Å². The van der Waals surface area contributed by atoms with E-state index in [-0.39, 0.29) is 18.5 Å². The van der Waals surface area contributed by atoms with Crippen LogP contribution in [0, 0.1) is 5.82 Å². The average molecular weight is 546 g/mol.